The number of benzene rings is 1. The second-order valence-corrected chi connectivity index (χ2v) is 6.55. The molecule has 0 aliphatic carbocycles. The van der Waals surface area contributed by atoms with E-state index in [1.165, 1.54) is 0 Å². The van der Waals surface area contributed by atoms with Crippen molar-refractivity contribution in [2.24, 2.45) is 0 Å². The molecule has 0 aliphatic rings. The number of carboxylic acids is 1. The number of carboxylic acid groups (broad SMARTS) is 1. The lowest BCUT2D eigenvalue weighted by Crippen LogP contribution is -2.20. The van der Waals surface area contributed by atoms with Crippen LogP contribution in [0.3, 0.4) is 0 Å². The van der Waals surface area contributed by atoms with E-state index < -0.39 is 34.4 Å². The average molecular weight is 330 g/mol. The van der Waals surface area contributed by atoms with Crippen molar-refractivity contribution in [3.63, 3.8) is 0 Å². The van der Waals surface area contributed by atoms with Crippen molar-refractivity contribution >= 4 is 22.1 Å². The van der Waals surface area contributed by atoms with Gasteiger partial charge in [0.15, 0.2) is 0 Å². The average Bonchev–Trinajstić information content (AvgIpc) is 2.38. The van der Waals surface area contributed by atoms with Crippen LogP contribution in [0.25, 0.3) is 0 Å². The predicted octanol–water partition coefficient (Wildman–Crippen LogP) is 1.66. The minimum Gasteiger partial charge on any atom is -0.478 e. The van der Waals surface area contributed by atoms with Crippen molar-refractivity contribution in [1.82, 2.24) is 0 Å². The van der Waals surface area contributed by atoms with Gasteiger partial charge in [-0.05, 0) is 49.9 Å². The normalized spacial score (nSPS) is 11.3. The molecule has 0 bridgehead atoms. The van der Waals surface area contributed by atoms with E-state index in [0.717, 1.165) is 11.1 Å². The van der Waals surface area contributed by atoms with Gasteiger partial charge < -0.3 is 9.84 Å². The van der Waals surface area contributed by atoms with Crippen molar-refractivity contribution in [2.75, 3.05) is 12.4 Å². The van der Waals surface area contributed by atoms with Crippen LogP contribution in [0.15, 0.2) is 0 Å². The van der Waals surface area contributed by atoms with Crippen LogP contribution in [0.1, 0.15) is 43.0 Å². The zero-order valence-corrected chi connectivity index (χ0v) is 13.6. The molecule has 0 radical (unpaired) electrons. The van der Waals surface area contributed by atoms with Gasteiger partial charge in [0.05, 0.1) is 11.1 Å². The van der Waals surface area contributed by atoms with Gasteiger partial charge in [-0.2, -0.15) is 8.42 Å². The Bertz CT molecular complexity index is 732. The molecule has 0 unspecified atom stereocenters. The first-order chi connectivity index (χ1) is 9.97. The van der Waals surface area contributed by atoms with Crippen LogP contribution in [-0.4, -0.2) is 42.4 Å². The Kier molecular flexibility index (Phi) is 5.31. The first kappa shape index (κ1) is 18.1. The van der Waals surface area contributed by atoms with Gasteiger partial charge in [-0.25, -0.2) is 9.59 Å². The van der Waals surface area contributed by atoms with E-state index in [1.54, 1.807) is 27.7 Å². The Hall–Kier alpha value is -1.93. The summed E-state index contributed by atoms with van der Waals surface area (Å²) in [6.45, 7) is 6.17. The fraction of sp³-hybridized carbons (Fsp3) is 0.429. The standard InChI is InChI=1S/C14H18O7S/c1-7-8(2)10(4)12(11(9(7)3)13(15)16)14(17)21-5-6-22(18,19)20/h5-6H2,1-4H3,(H,15,16)(H,18,19,20). The third-order valence-corrected chi connectivity index (χ3v) is 4.36. The molecule has 1 aromatic carbocycles. The van der Waals surface area contributed by atoms with Crippen LogP contribution in [-0.2, 0) is 14.9 Å². The second-order valence-electron chi connectivity index (χ2n) is 4.98. The van der Waals surface area contributed by atoms with Crippen LogP contribution in [0.2, 0.25) is 0 Å². The largest absolute Gasteiger partial charge is 0.478 e. The van der Waals surface area contributed by atoms with E-state index in [0.29, 0.717) is 11.1 Å². The van der Waals surface area contributed by atoms with Crippen molar-refractivity contribution in [2.45, 2.75) is 27.7 Å². The molecular formula is C14H18O7S. The van der Waals surface area contributed by atoms with Gasteiger partial charge in [0.2, 0.25) is 0 Å². The SMILES string of the molecule is Cc1c(C)c(C)c(C(=O)OCCS(=O)(=O)O)c(C(=O)O)c1C. The topological polar surface area (TPSA) is 118 Å². The quantitative estimate of drug-likeness (QED) is 0.622. The van der Waals surface area contributed by atoms with Crippen LogP contribution >= 0.6 is 0 Å². The summed E-state index contributed by atoms with van der Waals surface area (Å²) < 4.78 is 34.6. The number of hydrogen-bond donors (Lipinski definition) is 2. The van der Waals surface area contributed by atoms with Crippen LogP contribution in [0.5, 0.6) is 0 Å². The maximum atomic E-state index is 12.1. The van der Waals surface area contributed by atoms with Crippen LogP contribution in [0.4, 0.5) is 0 Å². The molecule has 0 atom stereocenters. The Morgan fingerprint density at radius 2 is 1.41 bits per heavy atom. The zero-order chi connectivity index (χ0) is 17.2. The van der Waals surface area contributed by atoms with Crippen molar-refractivity contribution < 1.29 is 32.4 Å². The fourth-order valence-electron chi connectivity index (χ4n) is 2.15. The molecule has 0 aliphatic heterocycles. The molecule has 1 rings (SSSR count). The van der Waals surface area contributed by atoms with Gasteiger partial charge in [0.25, 0.3) is 10.1 Å². The Morgan fingerprint density at radius 1 is 0.955 bits per heavy atom. The third kappa shape index (κ3) is 3.83. The van der Waals surface area contributed by atoms with Crippen LogP contribution < -0.4 is 0 Å². The first-order valence-electron chi connectivity index (χ1n) is 6.43. The molecule has 0 spiro atoms. The molecule has 0 saturated carbocycles. The highest BCUT2D eigenvalue weighted by Crippen LogP contribution is 2.27. The van der Waals surface area contributed by atoms with E-state index >= 15 is 0 Å². The van der Waals surface area contributed by atoms with Gasteiger partial charge in [-0.3, -0.25) is 4.55 Å². The molecule has 22 heavy (non-hydrogen) atoms. The molecule has 0 aromatic heterocycles. The van der Waals surface area contributed by atoms with E-state index in [4.69, 9.17) is 9.29 Å². The van der Waals surface area contributed by atoms with Crippen molar-refractivity contribution in [3.05, 3.63) is 33.4 Å². The number of ether oxygens (including phenoxy) is 1. The number of carbonyl (C=O) groups excluding carboxylic acids is 1. The monoisotopic (exact) mass is 330 g/mol. The predicted molar refractivity (Wildman–Crippen MR) is 79.0 cm³/mol. The van der Waals surface area contributed by atoms with E-state index in [1.807, 2.05) is 0 Å². The highest BCUT2D eigenvalue weighted by atomic mass is 32.2. The summed E-state index contributed by atoms with van der Waals surface area (Å²) in [6.07, 6.45) is 0. The van der Waals surface area contributed by atoms with Gasteiger partial charge in [0.1, 0.15) is 12.4 Å². The molecule has 0 amide bonds. The highest BCUT2D eigenvalue weighted by Gasteiger charge is 2.26. The second kappa shape index (κ2) is 6.45. The van der Waals surface area contributed by atoms with Gasteiger partial charge >= 0.3 is 11.9 Å². The molecular weight excluding hydrogens is 312 g/mol. The van der Waals surface area contributed by atoms with E-state index in [9.17, 15) is 23.1 Å². The summed E-state index contributed by atoms with van der Waals surface area (Å²) in [6, 6.07) is 0. The summed E-state index contributed by atoms with van der Waals surface area (Å²) >= 11 is 0. The maximum Gasteiger partial charge on any atom is 0.339 e. The number of hydrogen-bond acceptors (Lipinski definition) is 5. The molecule has 122 valence electrons. The molecule has 2 N–H and O–H groups in total. The highest BCUT2D eigenvalue weighted by molar-refractivity contribution is 7.85. The maximum absolute atomic E-state index is 12.1. The molecule has 0 fully saturated rings. The fourth-order valence-corrected chi connectivity index (χ4v) is 2.44. The minimum atomic E-state index is -4.26. The summed E-state index contributed by atoms with van der Waals surface area (Å²) in [5.41, 5.74) is 2.21. The zero-order valence-electron chi connectivity index (χ0n) is 12.8. The lowest BCUT2D eigenvalue weighted by molar-refractivity contribution is 0.0515. The molecule has 1 aromatic rings. The lowest BCUT2D eigenvalue weighted by Gasteiger charge is -2.17. The van der Waals surface area contributed by atoms with E-state index in [2.05, 4.69) is 0 Å². The Balaban J connectivity index is 3.28. The number of esters is 1. The first-order valence-corrected chi connectivity index (χ1v) is 8.04. The number of rotatable bonds is 5. The van der Waals surface area contributed by atoms with Crippen molar-refractivity contribution in [3.8, 4) is 0 Å². The van der Waals surface area contributed by atoms with Gasteiger partial charge in [-0.1, -0.05) is 0 Å². The minimum absolute atomic E-state index is 0.0940. The lowest BCUT2D eigenvalue weighted by atomic mass is 9.89. The van der Waals surface area contributed by atoms with Gasteiger partial charge in [-0.15, -0.1) is 0 Å². The van der Waals surface area contributed by atoms with E-state index in [-0.39, 0.29) is 11.1 Å². The summed E-state index contributed by atoms with van der Waals surface area (Å²) in [4.78, 5) is 23.6. The number of aromatic carboxylic acids is 1. The van der Waals surface area contributed by atoms with Crippen molar-refractivity contribution in [1.29, 1.82) is 0 Å². The smallest absolute Gasteiger partial charge is 0.339 e. The summed E-state index contributed by atoms with van der Waals surface area (Å²) in [5, 5.41) is 9.35. The summed E-state index contributed by atoms with van der Waals surface area (Å²) in [5.74, 6) is -2.93. The third-order valence-electron chi connectivity index (χ3n) is 3.68. The van der Waals surface area contributed by atoms with Gasteiger partial charge in [0, 0.05) is 0 Å². The van der Waals surface area contributed by atoms with Crippen LogP contribution in [0, 0.1) is 27.7 Å². The Morgan fingerprint density at radius 3 is 1.82 bits per heavy atom. The molecule has 0 saturated heterocycles. The molecule has 8 heteroatoms. The molecule has 0 heterocycles. The Labute approximate surface area is 128 Å². The summed E-state index contributed by atoms with van der Waals surface area (Å²) in [7, 11) is -4.26. The number of carbonyl (C=O) groups is 2. The molecule has 7 nitrogen and oxygen atoms in total.